The van der Waals surface area contributed by atoms with Crippen molar-refractivity contribution >= 4 is 50.5 Å². The first-order valence-corrected chi connectivity index (χ1v) is 7.97. The molecule has 1 amide bonds. The number of amidine groups is 1. The van der Waals surface area contributed by atoms with Crippen LogP contribution < -0.4 is 5.32 Å². The average Bonchev–Trinajstić information content (AvgIpc) is 3.01. The van der Waals surface area contributed by atoms with Gasteiger partial charge in [0.25, 0.3) is 5.91 Å². The zero-order chi connectivity index (χ0) is 15.7. The number of thioether (sulfide) groups is 1. The van der Waals surface area contributed by atoms with E-state index >= 15 is 0 Å². The predicted octanol–water partition coefficient (Wildman–Crippen LogP) is 3.95. The maximum atomic E-state index is 11.9. The fraction of sp³-hybridized carbons (Fsp3) is 0.0667. The number of nitrogens with zero attached hydrogens (tertiary/aromatic N) is 1. The van der Waals surface area contributed by atoms with Crippen LogP contribution in [-0.2, 0) is 4.79 Å². The number of furan rings is 1. The van der Waals surface area contributed by atoms with Gasteiger partial charge in [-0.15, -0.1) is 0 Å². The van der Waals surface area contributed by atoms with Crippen molar-refractivity contribution in [1.82, 2.24) is 5.32 Å². The van der Waals surface area contributed by atoms with E-state index in [0.29, 0.717) is 26.2 Å². The van der Waals surface area contributed by atoms with Crippen LogP contribution in [0.1, 0.15) is 11.3 Å². The fourth-order valence-corrected chi connectivity index (χ4v) is 2.98. The minimum absolute atomic E-state index is 0.0698. The number of amides is 1. The number of benzene rings is 1. The molecule has 3 rings (SSSR count). The molecule has 1 aromatic heterocycles. The lowest BCUT2D eigenvalue weighted by Crippen LogP contribution is -2.19. The summed E-state index contributed by atoms with van der Waals surface area (Å²) in [7, 11) is 0. The molecular formula is C15H11BrN2O3S. The van der Waals surface area contributed by atoms with Crippen LogP contribution in [0.25, 0.3) is 6.08 Å². The third-order valence-corrected chi connectivity index (χ3v) is 4.21. The lowest BCUT2D eigenvalue weighted by molar-refractivity contribution is -0.115. The lowest BCUT2D eigenvalue weighted by Gasteiger charge is -2.01. The molecule has 1 aliphatic rings. The van der Waals surface area contributed by atoms with Crippen LogP contribution in [0.3, 0.4) is 0 Å². The van der Waals surface area contributed by atoms with E-state index in [-0.39, 0.29) is 11.7 Å². The van der Waals surface area contributed by atoms with Crippen molar-refractivity contribution in [3.05, 3.63) is 51.2 Å². The Labute approximate surface area is 139 Å². The second kappa shape index (κ2) is 6.02. The summed E-state index contributed by atoms with van der Waals surface area (Å²) in [6.07, 6.45) is 1.64. The second-order valence-corrected chi connectivity index (χ2v) is 6.43. The van der Waals surface area contributed by atoms with Gasteiger partial charge in [0.15, 0.2) is 9.84 Å². The highest BCUT2D eigenvalue weighted by atomic mass is 79.9. The number of phenols is 1. The maximum Gasteiger partial charge on any atom is 0.264 e. The molecule has 0 spiro atoms. The lowest BCUT2D eigenvalue weighted by atomic mass is 10.2. The zero-order valence-corrected chi connectivity index (χ0v) is 13.9. The van der Waals surface area contributed by atoms with Crippen molar-refractivity contribution in [2.75, 3.05) is 0 Å². The molecule has 22 heavy (non-hydrogen) atoms. The van der Waals surface area contributed by atoms with E-state index in [9.17, 15) is 9.90 Å². The standard InChI is InChI=1S/C15H11BrN2O3S/c1-8-2-4-11(19)10(6-8)17-15-18-14(20)12(22-15)7-9-3-5-13(16)21-9/h2-7,19H,1H3,(H,17,18,20)/b12-7+. The Kier molecular flexibility index (Phi) is 4.08. The van der Waals surface area contributed by atoms with Gasteiger partial charge >= 0.3 is 0 Å². The molecule has 1 saturated heterocycles. The van der Waals surface area contributed by atoms with Gasteiger partial charge in [0.05, 0.1) is 4.91 Å². The Morgan fingerprint density at radius 2 is 2.18 bits per heavy atom. The highest BCUT2D eigenvalue weighted by molar-refractivity contribution is 9.10. The average molecular weight is 379 g/mol. The Morgan fingerprint density at radius 3 is 2.91 bits per heavy atom. The van der Waals surface area contributed by atoms with Gasteiger partial charge in [0, 0.05) is 6.08 Å². The van der Waals surface area contributed by atoms with Crippen molar-refractivity contribution in [2.24, 2.45) is 4.99 Å². The van der Waals surface area contributed by atoms with Gasteiger partial charge in [-0.3, -0.25) is 4.79 Å². The Hall–Kier alpha value is -1.99. The smallest absolute Gasteiger partial charge is 0.264 e. The Bertz CT molecular complexity index is 811. The third-order valence-electron chi connectivity index (χ3n) is 2.87. The molecule has 1 fully saturated rings. The molecule has 2 aromatic rings. The van der Waals surface area contributed by atoms with Crippen LogP contribution >= 0.6 is 27.7 Å². The molecule has 112 valence electrons. The number of nitrogens with one attached hydrogen (secondary N) is 1. The molecule has 0 bridgehead atoms. The molecule has 2 N–H and O–H groups in total. The number of aryl methyl sites for hydroxylation is 1. The first-order valence-electron chi connectivity index (χ1n) is 6.36. The topological polar surface area (TPSA) is 74.8 Å². The monoisotopic (exact) mass is 378 g/mol. The molecule has 0 unspecified atom stereocenters. The first-order chi connectivity index (χ1) is 10.5. The molecular weight excluding hydrogens is 368 g/mol. The van der Waals surface area contributed by atoms with E-state index in [2.05, 4.69) is 26.2 Å². The summed E-state index contributed by atoms with van der Waals surface area (Å²) < 4.78 is 5.95. The van der Waals surface area contributed by atoms with Gasteiger partial charge in [-0.2, -0.15) is 0 Å². The van der Waals surface area contributed by atoms with Gasteiger partial charge in [-0.1, -0.05) is 6.07 Å². The molecule has 0 aliphatic carbocycles. The highest BCUT2D eigenvalue weighted by Crippen LogP contribution is 2.32. The minimum Gasteiger partial charge on any atom is -0.506 e. The summed E-state index contributed by atoms with van der Waals surface area (Å²) in [6, 6.07) is 8.63. The summed E-state index contributed by atoms with van der Waals surface area (Å²) in [5.41, 5.74) is 1.40. The normalized spacial score (nSPS) is 18.2. The summed E-state index contributed by atoms with van der Waals surface area (Å²) >= 11 is 4.41. The van der Waals surface area contributed by atoms with Gasteiger partial charge in [-0.25, -0.2) is 4.99 Å². The van der Waals surface area contributed by atoms with E-state index in [1.54, 1.807) is 36.4 Å². The SMILES string of the molecule is Cc1ccc(O)c(N=C2NC(=O)/C(=C\c3ccc(Br)o3)S2)c1. The van der Waals surface area contributed by atoms with Crippen LogP contribution in [0.4, 0.5) is 5.69 Å². The van der Waals surface area contributed by atoms with Crippen LogP contribution in [0.15, 0.2) is 49.3 Å². The number of halogens is 1. The predicted molar refractivity (Wildman–Crippen MR) is 90.1 cm³/mol. The third kappa shape index (κ3) is 3.26. The molecule has 0 radical (unpaired) electrons. The quantitative estimate of drug-likeness (QED) is 0.775. The van der Waals surface area contributed by atoms with Gasteiger partial charge in [0.1, 0.15) is 17.2 Å². The number of aromatic hydroxyl groups is 1. The number of carbonyl (C=O) groups is 1. The van der Waals surface area contributed by atoms with E-state index in [1.165, 1.54) is 11.8 Å². The molecule has 1 aromatic carbocycles. The maximum absolute atomic E-state index is 11.9. The Morgan fingerprint density at radius 1 is 1.36 bits per heavy atom. The Balaban J connectivity index is 1.86. The summed E-state index contributed by atoms with van der Waals surface area (Å²) in [5.74, 6) is 0.396. The van der Waals surface area contributed by atoms with Crippen molar-refractivity contribution in [1.29, 1.82) is 0 Å². The molecule has 7 heteroatoms. The van der Waals surface area contributed by atoms with Crippen molar-refractivity contribution < 1.29 is 14.3 Å². The van der Waals surface area contributed by atoms with Gasteiger partial charge in [-0.05, 0) is 64.4 Å². The number of rotatable bonds is 2. The van der Waals surface area contributed by atoms with Crippen LogP contribution in [-0.4, -0.2) is 16.2 Å². The number of phenolic OH excluding ortho intramolecular Hbond substituents is 1. The van der Waals surface area contributed by atoms with E-state index in [4.69, 9.17) is 4.42 Å². The fourth-order valence-electron chi connectivity index (χ4n) is 1.85. The summed E-state index contributed by atoms with van der Waals surface area (Å²) in [6.45, 7) is 1.91. The molecule has 5 nitrogen and oxygen atoms in total. The van der Waals surface area contributed by atoms with Crippen molar-refractivity contribution in [3.8, 4) is 5.75 Å². The number of carbonyl (C=O) groups excluding carboxylic acids is 1. The molecule has 0 saturated carbocycles. The van der Waals surface area contributed by atoms with Crippen LogP contribution in [0, 0.1) is 6.92 Å². The highest BCUT2D eigenvalue weighted by Gasteiger charge is 2.24. The van der Waals surface area contributed by atoms with E-state index in [0.717, 1.165) is 5.56 Å². The number of hydrogen-bond acceptors (Lipinski definition) is 5. The van der Waals surface area contributed by atoms with Crippen molar-refractivity contribution in [2.45, 2.75) is 6.92 Å². The second-order valence-electron chi connectivity index (χ2n) is 4.62. The number of hydrogen-bond donors (Lipinski definition) is 2. The molecule has 2 heterocycles. The van der Waals surface area contributed by atoms with Gasteiger partial charge in [0.2, 0.25) is 0 Å². The van der Waals surface area contributed by atoms with E-state index in [1.807, 2.05) is 6.92 Å². The van der Waals surface area contributed by atoms with Crippen LogP contribution in [0.2, 0.25) is 0 Å². The van der Waals surface area contributed by atoms with Crippen molar-refractivity contribution in [3.63, 3.8) is 0 Å². The van der Waals surface area contributed by atoms with Crippen LogP contribution in [0.5, 0.6) is 5.75 Å². The molecule has 1 aliphatic heterocycles. The first kappa shape index (κ1) is 14.9. The minimum atomic E-state index is -0.247. The largest absolute Gasteiger partial charge is 0.506 e. The zero-order valence-electron chi connectivity index (χ0n) is 11.5. The number of aliphatic imine (C=N–C) groups is 1. The molecule has 0 atom stereocenters. The summed E-state index contributed by atoms with van der Waals surface area (Å²) in [4.78, 5) is 16.7. The summed E-state index contributed by atoms with van der Waals surface area (Å²) in [5, 5.41) is 12.9. The van der Waals surface area contributed by atoms with E-state index < -0.39 is 0 Å². The van der Waals surface area contributed by atoms with Gasteiger partial charge < -0.3 is 14.8 Å².